The van der Waals surface area contributed by atoms with Crippen molar-refractivity contribution in [2.75, 3.05) is 5.32 Å². The van der Waals surface area contributed by atoms with Crippen molar-refractivity contribution in [2.45, 2.75) is 26.4 Å². The lowest BCUT2D eigenvalue weighted by Crippen LogP contribution is -2.28. The summed E-state index contributed by atoms with van der Waals surface area (Å²) in [6.45, 7) is 5.29. The third-order valence-electron chi connectivity index (χ3n) is 3.47. The highest BCUT2D eigenvalue weighted by Crippen LogP contribution is 2.29. The molecule has 1 amide bonds. The second-order valence-corrected chi connectivity index (χ2v) is 7.68. The number of aromatic carboxylic acids is 1. The second-order valence-electron chi connectivity index (χ2n) is 6.76. The fourth-order valence-electron chi connectivity index (χ4n) is 2.44. The van der Waals surface area contributed by atoms with E-state index in [2.05, 4.69) is 10.4 Å². The molecule has 0 bridgehead atoms. The minimum absolute atomic E-state index is 0.130. The summed E-state index contributed by atoms with van der Waals surface area (Å²) in [5, 5.41) is 18.3. The second kappa shape index (κ2) is 7.24. The molecule has 140 valence electrons. The number of nitrogens with zero attached hydrogens (tertiary/aromatic N) is 2. The summed E-state index contributed by atoms with van der Waals surface area (Å²) in [7, 11) is 0. The van der Waals surface area contributed by atoms with Gasteiger partial charge in [-0.2, -0.15) is 5.10 Å². The number of carboxylic acids is 1. The van der Waals surface area contributed by atoms with Gasteiger partial charge in [-0.05, 0) is 32.2 Å². The molecular weight excluding hydrogens is 366 g/mol. The molecule has 0 radical (unpaired) electrons. The molecular formula is C19H19N3O4S. The average molecular weight is 385 g/mol. The lowest BCUT2D eigenvalue weighted by molar-refractivity contribution is 0.0633. The average Bonchev–Trinajstić information content (AvgIpc) is 3.20. The van der Waals surface area contributed by atoms with Crippen LogP contribution in [0.25, 0.3) is 16.9 Å². The van der Waals surface area contributed by atoms with Crippen LogP contribution in [0.15, 0.2) is 47.8 Å². The smallest absolute Gasteiger partial charge is 0.413 e. The van der Waals surface area contributed by atoms with Crippen LogP contribution < -0.4 is 5.32 Å². The molecule has 0 atom stereocenters. The first-order valence-electron chi connectivity index (χ1n) is 8.21. The number of hydrogen-bond acceptors (Lipinski definition) is 5. The molecule has 3 rings (SSSR count). The van der Waals surface area contributed by atoms with Gasteiger partial charge < -0.3 is 9.84 Å². The molecule has 27 heavy (non-hydrogen) atoms. The molecule has 1 aromatic carbocycles. The summed E-state index contributed by atoms with van der Waals surface area (Å²) in [5.74, 6) is -0.732. The number of hydrogen-bond donors (Lipinski definition) is 2. The van der Waals surface area contributed by atoms with E-state index < -0.39 is 17.7 Å². The number of aromatic nitrogens is 2. The fraction of sp³-hybridized carbons (Fsp3) is 0.211. The Kier molecular flexibility index (Phi) is 5.00. The van der Waals surface area contributed by atoms with Gasteiger partial charge in [-0.15, -0.1) is 11.3 Å². The maximum Gasteiger partial charge on any atom is 0.413 e. The van der Waals surface area contributed by atoms with E-state index >= 15 is 0 Å². The van der Waals surface area contributed by atoms with Crippen LogP contribution in [0, 0.1) is 0 Å². The molecule has 2 N–H and O–H groups in total. The fourth-order valence-corrected chi connectivity index (χ4v) is 3.15. The summed E-state index contributed by atoms with van der Waals surface area (Å²) in [6.07, 6.45) is -0.643. The maximum absolute atomic E-state index is 12.2. The number of benzene rings is 1. The zero-order chi connectivity index (χ0) is 19.6. The first-order valence-corrected chi connectivity index (χ1v) is 9.09. The standard InChI is InChI=1S/C19H19N3O4S/c1-19(2,3)26-18(25)20-15-11-13(12-7-5-4-6-8-12)21-22(15)14-9-10-27-16(14)17(23)24/h4-11H,1-3H3,(H,20,25)(H,23,24). The van der Waals surface area contributed by atoms with Crippen LogP contribution in [0.5, 0.6) is 0 Å². The molecule has 0 saturated carbocycles. The summed E-state index contributed by atoms with van der Waals surface area (Å²) >= 11 is 1.09. The highest BCUT2D eigenvalue weighted by molar-refractivity contribution is 7.12. The zero-order valence-corrected chi connectivity index (χ0v) is 15.9. The molecule has 0 aliphatic heterocycles. The maximum atomic E-state index is 12.2. The number of ether oxygens (including phenoxy) is 1. The first-order chi connectivity index (χ1) is 12.7. The van der Waals surface area contributed by atoms with E-state index in [-0.39, 0.29) is 4.88 Å². The molecule has 0 fully saturated rings. The molecule has 8 heteroatoms. The Morgan fingerprint density at radius 2 is 1.89 bits per heavy atom. The Labute approximate surface area is 160 Å². The van der Waals surface area contributed by atoms with Crippen LogP contribution in [-0.2, 0) is 4.74 Å². The Morgan fingerprint density at radius 1 is 1.19 bits per heavy atom. The molecule has 0 aliphatic carbocycles. The number of amides is 1. The summed E-state index contributed by atoms with van der Waals surface area (Å²) in [6, 6.07) is 12.7. The number of carboxylic acid groups (broad SMARTS) is 1. The van der Waals surface area contributed by atoms with Crippen molar-refractivity contribution in [1.82, 2.24) is 9.78 Å². The van der Waals surface area contributed by atoms with Crippen LogP contribution in [-0.4, -0.2) is 32.6 Å². The topological polar surface area (TPSA) is 93.5 Å². The van der Waals surface area contributed by atoms with Crippen molar-refractivity contribution in [2.24, 2.45) is 0 Å². The van der Waals surface area contributed by atoms with Gasteiger partial charge in [-0.3, -0.25) is 5.32 Å². The summed E-state index contributed by atoms with van der Waals surface area (Å²) in [5.41, 5.74) is 1.16. The monoisotopic (exact) mass is 385 g/mol. The van der Waals surface area contributed by atoms with Crippen molar-refractivity contribution in [1.29, 1.82) is 0 Å². The summed E-state index contributed by atoms with van der Waals surface area (Å²) < 4.78 is 6.71. The van der Waals surface area contributed by atoms with Crippen LogP contribution in [0.4, 0.5) is 10.6 Å². The highest BCUT2D eigenvalue weighted by atomic mass is 32.1. The number of thiophene rings is 1. The Bertz CT molecular complexity index is 971. The summed E-state index contributed by atoms with van der Waals surface area (Å²) in [4.78, 5) is 23.9. The molecule has 0 aliphatic rings. The Morgan fingerprint density at radius 3 is 2.52 bits per heavy atom. The van der Waals surface area contributed by atoms with Gasteiger partial charge in [-0.25, -0.2) is 14.3 Å². The van der Waals surface area contributed by atoms with Gasteiger partial charge in [0.1, 0.15) is 16.3 Å². The quantitative estimate of drug-likeness (QED) is 0.682. The van der Waals surface area contributed by atoms with Crippen LogP contribution in [0.1, 0.15) is 30.4 Å². The first kappa shape index (κ1) is 18.7. The SMILES string of the molecule is CC(C)(C)OC(=O)Nc1cc(-c2ccccc2)nn1-c1ccsc1C(=O)O. The molecule has 0 unspecified atom stereocenters. The van der Waals surface area contributed by atoms with E-state index in [1.807, 2.05) is 30.3 Å². The normalized spacial score (nSPS) is 11.2. The van der Waals surface area contributed by atoms with Crippen LogP contribution in [0.2, 0.25) is 0 Å². The van der Waals surface area contributed by atoms with E-state index in [1.54, 1.807) is 38.3 Å². The molecule has 0 spiro atoms. The van der Waals surface area contributed by atoms with Gasteiger partial charge in [0.2, 0.25) is 0 Å². The third-order valence-corrected chi connectivity index (χ3v) is 4.37. The van der Waals surface area contributed by atoms with Crippen molar-refractivity contribution >= 4 is 29.2 Å². The predicted molar refractivity (Wildman–Crippen MR) is 104 cm³/mol. The Hall–Kier alpha value is -3.13. The minimum Gasteiger partial charge on any atom is -0.477 e. The molecule has 7 nitrogen and oxygen atoms in total. The van der Waals surface area contributed by atoms with Gasteiger partial charge in [0.05, 0.1) is 11.4 Å². The van der Waals surface area contributed by atoms with Crippen molar-refractivity contribution in [3.63, 3.8) is 0 Å². The van der Waals surface area contributed by atoms with Crippen molar-refractivity contribution in [3.05, 3.63) is 52.7 Å². The predicted octanol–water partition coefficient (Wildman–Crippen LogP) is 4.65. The van der Waals surface area contributed by atoms with Gasteiger partial charge in [0, 0.05) is 11.6 Å². The van der Waals surface area contributed by atoms with Gasteiger partial charge in [0.25, 0.3) is 0 Å². The van der Waals surface area contributed by atoms with E-state index in [4.69, 9.17) is 4.74 Å². The number of nitrogens with one attached hydrogen (secondary N) is 1. The van der Waals surface area contributed by atoms with E-state index in [1.165, 1.54) is 4.68 Å². The van der Waals surface area contributed by atoms with E-state index in [9.17, 15) is 14.7 Å². The molecule has 3 aromatic rings. The van der Waals surface area contributed by atoms with E-state index in [0.717, 1.165) is 16.9 Å². The lowest BCUT2D eigenvalue weighted by Gasteiger charge is -2.19. The minimum atomic E-state index is -1.06. The van der Waals surface area contributed by atoms with Gasteiger partial charge >= 0.3 is 12.1 Å². The van der Waals surface area contributed by atoms with Gasteiger partial charge in [-0.1, -0.05) is 30.3 Å². The van der Waals surface area contributed by atoms with Crippen LogP contribution in [0.3, 0.4) is 0 Å². The van der Waals surface area contributed by atoms with Crippen LogP contribution >= 0.6 is 11.3 Å². The number of carbonyl (C=O) groups excluding carboxylic acids is 1. The largest absolute Gasteiger partial charge is 0.477 e. The van der Waals surface area contributed by atoms with Gasteiger partial charge in [0.15, 0.2) is 0 Å². The third kappa shape index (κ3) is 4.35. The highest BCUT2D eigenvalue weighted by Gasteiger charge is 2.22. The van der Waals surface area contributed by atoms with E-state index in [0.29, 0.717) is 17.2 Å². The van der Waals surface area contributed by atoms with Crippen molar-refractivity contribution in [3.8, 4) is 16.9 Å². The number of carbonyl (C=O) groups is 2. The molecule has 2 aromatic heterocycles. The molecule has 0 saturated heterocycles. The number of rotatable bonds is 4. The molecule has 2 heterocycles. The Balaban J connectivity index is 2.05. The van der Waals surface area contributed by atoms with Crippen molar-refractivity contribution < 1.29 is 19.4 Å². The number of anilines is 1. The lowest BCUT2D eigenvalue weighted by atomic mass is 10.2. The zero-order valence-electron chi connectivity index (χ0n) is 15.1.